The number of piperidine rings is 1. The van der Waals surface area contributed by atoms with E-state index in [4.69, 9.17) is 9.47 Å². The molecule has 1 aromatic carbocycles. The van der Waals surface area contributed by atoms with E-state index >= 15 is 0 Å². The number of aryl methyl sites for hydroxylation is 1. The van der Waals surface area contributed by atoms with Gasteiger partial charge in [0.05, 0.1) is 19.1 Å². The molecule has 4 nitrogen and oxygen atoms in total. The molecule has 0 amide bonds. The molecule has 4 heteroatoms. The van der Waals surface area contributed by atoms with Crippen molar-refractivity contribution in [2.75, 3.05) is 32.8 Å². The van der Waals surface area contributed by atoms with Crippen molar-refractivity contribution in [3.05, 3.63) is 29.8 Å². The van der Waals surface area contributed by atoms with Gasteiger partial charge in [-0.2, -0.15) is 0 Å². The number of carbonyl (C=O) groups is 1. The van der Waals surface area contributed by atoms with Crippen LogP contribution in [-0.4, -0.2) is 43.7 Å². The van der Waals surface area contributed by atoms with Gasteiger partial charge in [-0.05, 0) is 70.3 Å². The highest BCUT2D eigenvalue weighted by molar-refractivity contribution is 5.72. The molecule has 0 saturated carbocycles. The summed E-state index contributed by atoms with van der Waals surface area (Å²) in [5.41, 5.74) is 1.22. The van der Waals surface area contributed by atoms with Crippen LogP contribution in [0.15, 0.2) is 24.3 Å². The molecule has 1 aliphatic heterocycles. The quantitative estimate of drug-likeness (QED) is 0.543. The zero-order chi connectivity index (χ0) is 16.5. The van der Waals surface area contributed by atoms with Crippen molar-refractivity contribution in [2.45, 2.75) is 39.5 Å². The van der Waals surface area contributed by atoms with Gasteiger partial charge in [-0.15, -0.1) is 0 Å². The Kier molecular flexibility index (Phi) is 7.40. The van der Waals surface area contributed by atoms with E-state index in [0.29, 0.717) is 6.61 Å². The summed E-state index contributed by atoms with van der Waals surface area (Å²) in [7, 11) is 0. The number of carbonyl (C=O) groups excluding carboxylic acids is 1. The molecule has 1 saturated heterocycles. The molecule has 1 aromatic rings. The predicted molar refractivity (Wildman–Crippen MR) is 91.7 cm³/mol. The molecular formula is C19H29NO3. The molecule has 0 aromatic heterocycles. The minimum absolute atomic E-state index is 0.0278. The van der Waals surface area contributed by atoms with Gasteiger partial charge in [0.25, 0.3) is 0 Å². The molecule has 128 valence electrons. The highest BCUT2D eigenvalue weighted by atomic mass is 16.5. The minimum atomic E-state index is -0.0278. The Hall–Kier alpha value is -1.55. The summed E-state index contributed by atoms with van der Waals surface area (Å²) < 4.78 is 10.9. The van der Waals surface area contributed by atoms with Gasteiger partial charge in [-0.1, -0.05) is 12.1 Å². The molecule has 1 atom stereocenters. The summed E-state index contributed by atoms with van der Waals surface area (Å²) in [6.45, 7) is 8.14. The third-order valence-electron chi connectivity index (χ3n) is 4.25. The molecule has 0 bridgehead atoms. The largest absolute Gasteiger partial charge is 0.494 e. The van der Waals surface area contributed by atoms with Gasteiger partial charge in [-0.25, -0.2) is 0 Å². The van der Waals surface area contributed by atoms with Gasteiger partial charge in [0.2, 0.25) is 0 Å². The highest BCUT2D eigenvalue weighted by Crippen LogP contribution is 2.18. The van der Waals surface area contributed by atoms with E-state index in [0.717, 1.165) is 57.7 Å². The Bertz CT molecular complexity index is 489. The first-order valence-corrected chi connectivity index (χ1v) is 8.77. The Morgan fingerprint density at radius 2 is 2.22 bits per heavy atom. The maximum atomic E-state index is 11.8. The lowest BCUT2D eigenvalue weighted by atomic mass is 9.98. The van der Waals surface area contributed by atoms with Crippen molar-refractivity contribution < 1.29 is 14.3 Å². The zero-order valence-electron chi connectivity index (χ0n) is 14.4. The average molecular weight is 319 g/mol. The van der Waals surface area contributed by atoms with Crippen LogP contribution < -0.4 is 4.74 Å². The Balaban J connectivity index is 1.61. The van der Waals surface area contributed by atoms with E-state index in [1.807, 2.05) is 19.1 Å². The summed E-state index contributed by atoms with van der Waals surface area (Å²) in [6, 6.07) is 8.16. The third kappa shape index (κ3) is 6.22. The Labute approximate surface area is 139 Å². The first kappa shape index (κ1) is 17.8. The van der Waals surface area contributed by atoms with E-state index in [1.165, 1.54) is 5.56 Å². The van der Waals surface area contributed by atoms with Crippen molar-refractivity contribution in [3.8, 4) is 5.75 Å². The Morgan fingerprint density at radius 3 is 3.00 bits per heavy atom. The molecule has 0 spiro atoms. The monoisotopic (exact) mass is 319 g/mol. The number of nitrogens with zero attached hydrogens (tertiary/aromatic N) is 1. The molecule has 0 unspecified atom stereocenters. The number of esters is 1. The van der Waals surface area contributed by atoms with Gasteiger partial charge < -0.3 is 14.4 Å². The number of likely N-dealkylation sites (tertiary alicyclic amines) is 1. The normalized spacial score (nSPS) is 18.6. The maximum Gasteiger partial charge on any atom is 0.310 e. The van der Waals surface area contributed by atoms with Crippen LogP contribution in [0, 0.1) is 12.8 Å². The van der Waals surface area contributed by atoms with Crippen molar-refractivity contribution in [2.24, 2.45) is 5.92 Å². The van der Waals surface area contributed by atoms with Crippen LogP contribution in [0.1, 0.15) is 38.2 Å². The van der Waals surface area contributed by atoms with Crippen molar-refractivity contribution in [3.63, 3.8) is 0 Å². The van der Waals surface area contributed by atoms with Gasteiger partial charge in [0.15, 0.2) is 0 Å². The SMILES string of the molecule is CCOC(=O)[C@H]1CCCN(CCCCOc2cccc(C)c2)C1. The number of unbranched alkanes of at least 4 members (excludes halogenated alkanes) is 1. The standard InChI is InChI=1S/C19H29NO3/c1-3-22-19(21)17-9-7-12-20(15-17)11-4-5-13-23-18-10-6-8-16(2)14-18/h6,8,10,14,17H,3-5,7,9,11-13,15H2,1-2H3/t17-/m0/s1. The zero-order valence-corrected chi connectivity index (χ0v) is 14.4. The van der Waals surface area contributed by atoms with Crippen LogP contribution in [-0.2, 0) is 9.53 Å². The fourth-order valence-electron chi connectivity index (χ4n) is 3.04. The molecule has 1 aliphatic rings. The first-order chi connectivity index (χ1) is 11.2. The van der Waals surface area contributed by atoms with Crippen LogP contribution in [0.3, 0.4) is 0 Å². The van der Waals surface area contributed by atoms with Crippen LogP contribution in [0.5, 0.6) is 5.75 Å². The van der Waals surface area contributed by atoms with E-state index in [9.17, 15) is 4.79 Å². The summed E-state index contributed by atoms with van der Waals surface area (Å²) >= 11 is 0. The average Bonchev–Trinajstić information content (AvgIpc) is 2.55. The van der Waals surface area contributed by atoms with Crippen molar-refractivity contribution in [1.29, 1.82) is 0 Å². The van der Waals surface area contributed by atoms with Gasteiger partial charge >= 0.3 is 5.97 Å². The number of benzene rings is 1. The smallest absolute Gasteiger partial charge is 0.310 e. The third-order valence-corrected chi connectivity index (χ3v) is 4.25. The summed E-state index contributed by atoms with van der Waals surface area (Å²) in [5.74, 6) is 0.984. The number of hydrogen-bond acceptors (Lipinski definition) is 4. The highest BCUT2D eigenvalue weighted by Gasteiger charge is 2.26. The van der Waals surface area contributed by atoms with Crippen molar-refractivity contribution >= 4 is 5.97 Å². The van der Waals surface area contributed by atoms with Gasteiger partial charge in [0, 0.05) is 6.54 Å². The number of hydrogen-bond donors (Lipinski definition) is 0. The van der Waals surface area contributed by atoms with Crippen LogP contribution >= 0.6 is 0 Å². The van der Waals surface area contributed by atoms with E-state index < -0.39 is 0 Å². The van der Waals surface area contributed by atoms with Crippen LogP contribution in [0.25, 0.3) is 0 Å². The second-order valence-electron chi connectivity index (χ2n) is 6.26. The van der Waals surface area contributed by atoms with E-state index in [1.54, 1.807) is 0 Å². The van der Waals surface area contributed by atoms with Crippen molar-refractivity contribution in [1.82, 2.24) is 4.90 Å². The molecule has 2 rings (SSSR count). The van der Waals surface area contributed by atoms with Gasteiger partial charge in [-0.3, -0.25) is 4.79 Å². The second-order valence-corrected chi connectivity index (χ2v) is 6.26. The topological polar surface area (TPSA) is 38.8 Å². The summed E-state index contributed by atoms with van der Waals surface area (Å²) in [5, 5.41) is 0. The lowest BCUT2D eigenvalue weighted by Gasteiger charge is -2.31. The molecular weight excluding hydrogens is 290 g/mol. The lowest BCUT2D eigenvalue weighted by molar-refractivity contribution is -0.149. The van der Waals surface area contributed by atoms with E-state index in [-0.39, 0.29) is 11.9 Å². The fraction of sp³-hybridized carbons (Fsp3) is 0.632. The second kappa shape index (κ2) is 9.56. The predicted octanol–water partition coefficient (Wildman–Crippen LogP) is 3.43. The number of ether oxygens (including phenoxy) is 2. The first-order valence-electron chi connectivity index (χ1n) is 8.77. The molecule has 1 heterocycles. The van der Waals surface area contributed by atoms with Crippen LogP contribution in [0.4, 0.5) is 0 Å². The van der Waals surface area contributed by atoms with E-state index in [2.05, 4.69) is 24.0 Å². The molecule has 0 aliphatic carbocycles. The lowest BCUT2D eigenvalue weighted by Crippen LogP contribution is -2.39. The molecule has 0 radical (unpaired) electrons. The fourth-order valence-corrected chi connectivity index (χ4v) is 3.04. The van der Waals surface area contributed by atoms with Crippen LogP contribution in [0.2, 0.25) is 0 Å². The molecule has 1 fully saturated rings. The summed E-state index contributed by atoms with van der Waals surface area (Å²) in [4.78, 5) is 14.2. The Morgan fingerprint density at radius 1 is 1.35 bits per heavy atom. The van der Waals surface area contributed by atoms with Gasteiger partial charge in [0.1, 0.15) is 5.75 Å². The summed E-state index contributed by atoms with van der Waals surface area (Å²) in [6.07, 6.45) is 4.19. The molecule has 23 heavy (non-hydrogen) atoms. The minimum Gasteiger partial charge on any atom is -0.494 e. The maximum absolute atomic E-state index is 11.8. The molecule has 0 N–H and O–H groups in total. The number of rotatable bonds is 8.